The van der Waals surface area contributed by atoms with Gasteiger partial charge in [-0.05, 0) is 34.6 Å². The molecule has 1 aliphatic heterocycles. The first-order valence-corrected chi connectivity index (χ1v) is 12.9. The molecule has 0 saturated carbocycles. The second-order valence-electron chi connectivity index (χ2n) is 10.9. The molecule has 0 unspecified atom stereocenters. The van der Waals surface area contributed by atoms with E-state index in [1.807, 2.05) is 60.7 Å². The average Bonchev–Trinajstić information content (AvgIpc) is 3.36. The van der Waals surface area contributed by atoms with Gasteiger partial charge in [0.2, 0.25) is 5.88 Å². The number of ether oxygens (including phenoxy) is 2. The number of methoxy groups -OCH3 is 1. The Morgan fingerprint density at radius 2 is 1.85 bits per heavy atom. The van der Waals surface area contributed by atoms with Gasteiger partial charge in [-0.15, -0.1) is 5.10 Å². The third kappa shape index (κ3) is 3.66. The molecule has 0 spiro atoms. The lowest BCUT2D eigenvalue weighted by Gasteiger charge is -2.37. The van der Waals surface area contributed by atoms with E-state index in [-0.39, 0.29) is 16.9 Å². The number of fused-ring (bicyclic) bond motifs is 4. The quantitative estimate of drug-likeness (QED) is 0.321. The third-order valence-corrected chi connectivity index (χ3v) is 7.65. The van der Waals surface area contributed by atoms with Crippen molar-refractivity contribution >= 4 is 22.2 Å². The molecule has 3 aromatic carbocycles. The van der Waals surface area contributed by atoms with Gasteiger partial charge in [0.1, 0.15) is 23.6 Å². The fourth-order valence-corrected chi connectivity index (χ4v) is 5.82. The molecule has 8 nitrogen and oxygen atoms in total. The second kappa shape index (κ2) is 8.39. The van der Waals surface area contributed by atoms with Crippen molar-refractivity contribution in [2.45, 2.75) is 32.6 Å². The lowest BCUT2D eigenvalue weighted by molar-refractivity contribution is -0.118. The largest absolute Gasteiger partial charge is 0.507 e. The average molecular weight is 519 g/mol. The Bertz CT molecular complexity index is 1840. The van der Waals surface area contributed by atoms with Crippen molar-refractivity contribution in [3.63, 3.8) is 0 Å². The number of rotatable bonds is 3. The molecule has 5 aromatic rings. The van der Waals surface area contributed by atoms with Crippen LogP contribution in [-0.2, 0) is 4.79 Å². The van der Waals surface area contributed by atoms with Gasteiger partial charge in [0.15, 0.2) is 17.3 Å². The zero-order valence-corrected chi connectivity index (χ0v) is 21.8. The van der Waals surface area contributed by atoms with E-state index in [9.17, 15) is 9.90 Å². The number of phenols is 1. The van der Waals surface area contributed by atoms with Gasteiger partial charge >= 0.3 is 0 Å². The van der Waals surface area contributed by atoms with Crippen molar-refractivity contribution in [3.05, 3.63) is 89.5 Å². The molecule has 1 aliphatic carbocycles. The Balaban J connectivity index is 1.45. The molecule has 0 bridgehead atoms. The van der Waals surface area contributed by atoms with E-state index in [0.29, 0.717) is 52.7 Å². The summed E-state index contributed by atoms with van der Waals surface area (Å²) in [4.78, 5) is 23.1. The van der Waals surface area contributed by atoms with Crippen LogP contribution >= 0.6 is 0 Å². The number of carbonyl (C=O) groups is 1. The van der Waals surface area contributed by atoms with Crippen molar-refractivity contribution in [1.82, 2.24) is 19.6 Å². The summed E-state index contributed by atoms with van der Waals surface area (Å²) >= 11 is 0. The topological polar surface area (TPSA) is 98.8 Å². The molecule has 3 heterocycles. The normalized spacial score (nSPS) is 18.1. The number of allylic oxidation sites excluding steroid dienone is 2. The minimum atomic E-state index is -0.434. The highest BCUT2D eigenvalue weighted by atomic mass is 16.5. The molecular formula is C31H26N4O4. The maximum Gasteiger partial charge on any atom is 0.228 e. The van der Waals surface area contributed by atoms with E-state index in [4.69, 9.17) is 14.5 Å². The fraction of sp³-hybridized carbons (Fsp3) is 0.226. The molecule has 0 fully saturated rings. The second-order valence-corrected chi connectivity index (χ2v) is 10.9. The minimum absolute atomic E-state index is 0.0571. The van der Waals surface area contributed by atoms with Gasteiger partial charge in [0.05, 0.1) is 18.2 Å². The summed E-state index contributed by atoms with van der Waals surface area (Å²) in [5, 5.41) is 17.4. The molecule has 0 amide bonds. The van der Waals surface area contributed by atoms with Crippen LogP contribution in [-0.4, -0.2) is 37.6 Å². The van der Waals surface area contributed by atoms with Crippen LogP contribution in [0.1, 0.15) is 43.7 Å². The summed E-state index contributed by atoms with van der Waals surface area (Å²) in [6, 6.07) is 19.1. The Labute approximate surface area is 224 Å². The van der Waals surface area contributed by atoms with Crippen LogP contribution < -0.4 is 9.47 Å². The highest BCUT2D eigenvalue weighted by molar-refractivity contribution is 6.00. The zero-order chi connectivity index (χ0) is 26.9. The molecule has 2 aromatic heterocycles. The first kappa shape index (κ1) is 23.4. The van der Waals surface area contributed by atoms with Gasteiger partial charge in [-0.3, -0.25) is 4.79 Å². The Kier molecular flexibility index (Phi) is 5.04. The number of carbonyl (C=O) groups excluding carboxylic acids is 1. The Hall–Kier alpha value is -4.72. The van der Waals surface area contributed by atoms with Crippen LogP contribution in [0.15, 0.2) is 78.3 Å². The molecule has 1 atom stereocenters. The lowest BCUT2D eigenvalue weighted by Crippen LogP contribution is -2.33. The van der Waals surface area contributed by atoms with Crippen molar-refractivity contribution in [2.24, 2.45) is 5.41 Å². The summed E-state index contributed by atoms with van der Waals surface area (Å²) in [5.74, 6) is 1.89. The maximum atomic E-state index is 13.6. The SMILES string of the molecule is COc1ccc([C@@H]2C3=C(CC(C)(C)CC3=O)Oc3ncn4nc(-c5ccc6ccccc6c5O)nc4c32)cc1. The van der Waals surface area contributed by atoms with Gasteiger partial charge < -0.3 is 14.6 Å². The van der Waals surface area contributed by atoms with Crippen LogP contribution in [0.5, 0.6) is 17.4 Å². The van der Waals surface area contributed by atoms with E-state index >= 15 is 0 Å². The third-order valence-electron chi connectivity index (χ3n) is 7.65. The monoisotopic (exact) mass is 518 g/mol. The molecule has 7 rings (SSSR count). The number of aromatic nitrogens is 4. The predicted molar refractivity (Wildman–Crippen MR) is 146 cm³/mol. The van der Waals surface area contributed by atoms with Crippen LogP contribution in [0.4, 0.5) is 0 Å². The molecule has 1 N–H and O–H groups in total. The summed E-state index contributed by atoms with van der Waals surface area (Å²) in [7, 11) is 1.62. The number of ketones is 1. The number of hydrogen-bond acceptors (Lipinski definition) is 7. The van der Waals surface area contributed by atoms with Gasteiger partial charge in [-0.2, -0.15) is 0 Å². The van der Waals surface area contributed by atoms with Gasteiger partial charge in [-0.25, -0.2) is 14.5 Å². The summed E-state index contributed by atoms with van der Waals surface area (Å²) in [6.45, 7) is 4.15. The lowest BCUT2D eigenvalue weighted by atomic mass is 9.70. The number of aromatic hydroxyl groups is 1. The molecule has 0 radical (unpaired) electrons. The number of benzene rings is 3. The molecular weight excluding hydrogens is 492 g/mol. The van der Waals surface area contributed by atoms with Crippen molar-refractivity contribution < 1.29 is 19.4 Å². The van der Waals surface area contributed by atoms with E-state index in [1.54, 1.807) is 18.0 Å². The van der Waals surface area contributed by atoms with Crippen molar-refractivity contribution in [2.75, 3.05) is 7.11 Å². The minimum Gasteiger partial charge on any atom is -0.507 e. The van der Waals surface area contributed by atoms with Gasteiger partial charge in [-0.1, -0.05) is 56.3 Å². The first-order valence-electron chi connectivity index (χ1n) is 12.9. The zero-order valence-electron chi connectivity index (χ0n) is 21.8. The Morgan fingerprint density at radius 1 is 1.05 bits per heavy atom. The molecule has 2 aliphatic rings. The van der Waals surface area contributed by atoms with Gasteiger partial charge in [0, 0.05) is 29.7 Å². The molecule has 0 saturated heterocycles. The molecule has 39 heavy (non-hydrogen) atoms. The predicted octanol–water partition coefficient (Wildman–Crippen LogP) is 5.83. The summed E-state index contributed by atoms with van der Waals surface area (Å²) in [5.41, 5.74) is 3.05. The molecule has 194 valence electrons. The smallest absolute Gasteiger partial charge is 0.228 e. The van der Waals surface area contributed by atoms with E-state index in [1.165, 1.54) is 0 Å². The number of hydrogen-bond donors (Lipinski definition) is 1. The Morgan fingerprint density at radius 3 is 2.64 bits per heavy atom. The van der Waals surface area contributed by atoms with E-state index in [2.05, 4.69) is 23.9 Å². The van der Waals surface area contributed by atoms with Crippen molar-refractivity contribution in [1.29, 1.82) is 0 Å². The number of Topliss-reactive ketones (excluding diaryl/α,β-unsaturated/α-hetero) is 1. The highest BCUT2D eigenvalue weighted by Crippen LogP contribution is 2.50. The molecule has 8 heteroatoms. The van der Waals surface area contributed by atoms with Gasteiger partial charge in [0.25, 0.3) is 0 Å². The van der Waals surface area contributed by atoms with Crippen LogP contribution in [0.25, 0.3) is 27.8 Å². The van der Waals surface area contributed by atoms with Crippen LogP contribution in [0.3, 0.4) is 0 Å². The van der Waals surface area contributed by atoms with E-state index in [0.717, 1.165) is 22.1 Å². The van der Waals surface area contributed by atoms with Crippen LogP contribution in [0.2, 0.25) is 0 Å². The summed E-state index contributed by atoms with van der Waals surface area (Å²) in [6.07, 6.45) is 2.63. The van der Waals surface area contributed by atoms with Crippen molar-refractivity contribution in [3.8, 4) is 28.8 Å². The van der Waals surface area contributed by atoms with E-state index < -0.39 is 5.92 Å². The number of nitrogens with zero attached hydrogens (tertiary/aromatic N) is 4. The number of phenolic OH excluding ortho intramolecular Hbond substituents is 1. The summed E-state index contributed by atoms with van der Waals surface area (Å²) < 4.78 is 13.3. The maximum absolute atomic E-state index is 13.6. The van der Waals surface area contributed by atoms with Crippen LogP contribution in [0, 0.1) is 5.41 Å². The standard InChI is InChI=1S/C31H26N4O4/c1-31(2)14-22(36)25-23(15-31)39-30-26(24(25)18-8-11-19(38-3)12-9-18)29-33-28(34-35(29)16-32-30)21-13-10-17-6-4-5-7-20(17)27(21)37/h4-13,16,24,37H,14-15H2,1-3H3/t24-/m1/s1. The first-order chi connectivity index (χ1) is 18.8. The fourth-order valence-electron chi connectivity index (χ4n) is 5.82. The highest BCUT2D eigenvalue weighted by Gasteiger charge is 2.44.